The molecular weight excluding hydrogens is 421 g/mol. The fourth-order valence-corrected chi connectivity index (χ4v) is 4.72. The van der Waals surface area contributed by atoms with Crippen molar-refractivity contribution in [3.05, 3.63) is 24.0 Å². The first kappa shape index (κ1) is 21.8. The Balaban J connectivity index is 1.54. The molecule has 11 heteroatoms. The molecule has 0 bridgehead atoms. The average Bonchev–Trinajstić information content (AvgIpc) is 3.04. The summed E-state index contributed by atoms with van der Waals surface area (Å²) in [4.78, 5) is 3.82. The van der Waals surface area contributed by atoms with E-state index in [9.17, 15) is 22.0 Å². The number of hydrogen-bond acceptors (Lipinski definition) is 5. The first-order chi connectivity index (χ1) is 14.5. The van der Waals surface area contributed by atoms with E-state index < -0.39 is 18.5 Å². The zero-order valence-electron chi connectivity index (χ0n) is 17.0. The highest BCUT2D eigenvalue weighted by Gasteiger charge is 2.57. The lowest BCUT2D eigenvalue weighted by Crippen LogP contribution is -2.32. The summed E-state index contributed by atoms with van der Waals surface area (Å²) in [6.45, 7) is 3.66. The normalized spacial score (nSPS) is 25.3. The van der Waals surface area contributed by atoms with Crippen molar-refractivity contribution in [3.63, 3.8) is 0 Å². The molecule has 0 saturated heterocycles. The van der Waals surface area contributed by atoms with Crippen molar-refractivity contribution in [1.82, 2.24) is 20.1 Å². The number of nitrogens with zero attached hydrogens (tertiary/aromatic N) is 3. The Kier molecular flexibility index (Phi) is 5.57. The van der Waals surface area contributed by atoms with Crippen LogP contribution in [0.4, 0.5) is 27.8 Å². The highest BCUT2D eigenvalue weighted by atomic mass is 19.4. The number of nitrogen functional groups attached to an aromatic ring is 1. The van der Waals surface area contributed by atoms with Crippen LogP contribution in [-0.4, -0.2) is 40.1 Å². The van der Waals surface area contributed by atoms with Crippen molar-refractivity contribution in [3.8, 4) is 17.0 Å². The minimum absolute atomic E-state index is 0.0467. The van der Waals surface area contributed by atoms with Crippen molar-refractivity contribution >= 4 is 5.82 Å². The maximum Gasteiger partial charge on any atom is 0.573 e. The van der Waals surface area contributed by atoms with Gasteiger partial charge in [-0.15, -0.1) is 13.2 Å². The summed E-state index contributed by atoms with van der Waals surface area (Å²) >= 11 is 0. The van der Waals surface area contributed by atoms with Crippen LogP contribution < -0.4 is 15.8 Å². The summed E-state index contributed by atoms with van der Waals surface area (Å²) < 4.78 is 68.6. The minimum atomic E-state index is -4.88. The van der Waals surface area contributed by atoms with Gasteiger partial charge in [0.25, 0.3) is 6.43 Å². The van der Waals surface area contributed by atoms with Gasteiger partial charge in [-0.1, -0.05) is 0 Å². The van der Waals surface area contributed by atoms with Gasteiger partial charge in [0.2, 0.25) is 0 Å². The van der Waals surface area contributed by atoms with Crippen LogP contribution in [0.5, 0.6) is 5.75 Å². The number of fused-ring (bicyclic) bond motifs is 1. The number of anilines is 1. The molecule has 2 aliphatic carbocycles. The Labute approximate surface area is 176 Å². The largest absolute Gasteiger partial charge is 0.573 e. The monoisotopic (exact) mass is 445 g/mol. The van der Waals surface area contributed by atoms with Crippen LogP contribution in [0.15, 0.2) is 18.3 Å². The molecule has 2 fully saturated rings. The number of alkyl halides is 5. The zero-order valence-corrected chi connectivity index (χ0v) is 17.0. The van der Waals surface area contributed by atoms with Gasteiger partial charge in [0.05, 0.1) is 12.2 Å². The summed E-state index contributed by atoms with van der Waals surface area (Å²) in [5.41, 5.74) is 7.38. The molecule has 0 aliphatic heterocycles. The van der Waals surface area contributed by atoms with Crippen LogP contribution in [0.3, 0.4) is 0 Å². The van der Waals surface area contributed by atoms with E-state index in [-0.39, 0.29) is 30.4 Å². The van der Waals surface area contributed by atoms with E-state index in [1.165, 1.54) is 12.3 Å². The van der Waals surface area contributed by atoms with Crippen LogP contribution >= 0.6 is 0 Å². The highest BCUT2D eigenvalue weighted by Crippen LogP contribution is 2.63. The lowest BCUT2D eigenvalue weighted by atomic mass is 10.0. The topological polar surface area (TPSA) is 78.0 Å². The van der Waals surface area contributed by atoms with E-state index in [0.717, 1.165) is 18.5 Å². The van der Waals surface area contributed by atoms with Crippen molar-refractivity contribution in [2.75, 3.05) is 12.3 Å². The Morgan fingerprint density at radius 1 is 1.23 bits per heavy atom. The third kappa shape index (κ3) is 4.60. The third-order valence-electron chi connectivity index (χ3n) is 6.00. The molecule has 2 saturated carbocycles. The second kappa shape index (κ2) is 7.92. The van der Waals surface area contributed by atoms with Gasteiger partial charge in [-0.3, -0.25) is 4.68 Å². The van der Waals surface area contributed by atoms with E-state index in [4.69, 9.17) is 5.73 Å². The SMILES string of the molecule is CC(C)n1nc(-c2cnc(N)c(OC(F)(F)F)c2)cc1[C@H]1[C@@H]2C[C@H](NCC(F)F)C[C@@H]21. The van der Waals surface area contributed by atoms with Crippen molar-refractivity contribution < 1.29 is 26.7 Å². The number of hydrogen-bond donors (Lipinski definition) is 2. The summed E-state index contributed by atoms with van der Waals surface area (Å²) in [6, 6.07) is 3.20. The lowest BCUT2D eigenvalue weighted by molar-refractivity contribution is -0.274. The molecule has 0 amide bonds. The van der Waals surface area contributed by atoms with Gasteiger partial charge >= 0.3 is 6.36 Å². The number of halogens is 5. The second-order valence-electron chi connectivity index (χ2n) is 8.47. The van der Waals surface area contributed by atoms with Gasteiger partial charge in [0.1, 0.15) is 0 Å². The molecule has 0 spiro atoms. The lowest BCUT2D eigenvalue weighted by Gasteiger charge is -2.17. The highest BCUT2D eigenvalue weighted by molar-refractivity contribution is 5.64. The van der Waals surface area contributed by atoms with Crippen molar-refractivity contribution in [2.45, 2.75) is 57.5 Å². The van der Waals surface area contributed by atoms with E-state index in [2.05, 4.69) is 20.1 Å². The van der Waals surface area contributed by atoms with E-state index in [1.807, 2.05) is 24.6 Å². The maximum absolute atomic E-state index is 12.6. The standard InChI is InChI=1S/C20H24F5N5O/c1-9(2)30-15(18-12-4-11(5-13(12)18)27-8-17(21)22)6-14(29-30)10-3-16(19(26)28-7-10)31-20(23,24)25/h3,6-7,9,11-13,17-18,27H,4-5,8H2,1-2H3,(H2,26,28)/t11-,12+,13-,18-. The smallest absolute Gasteiger partial charge is 0.402 e. The number of nitrogens with one attached hydrogen (secondary N) is 1. The maximum atomic E-state index is 12.6. The number of ether oxygens (including phenoxy) is 1. The van der Waals surface area contributed by atoms with Crippen molar-refractivity contribution in [2.24, 2.45) is 11.8 Å². The van der Waals surface area contributed by atoms with Gasteiger partial charge in [-0.2, -0.15) is 5.10 Å². The predicted octanol–water partition coefficient (Wildman–Crippen LogP) is 4.35. The fourth-order valence-electron chi connectivity index (χ4n) is 4.72. The fraction of sp³-hybridized carbons (Fsp3) is 0.600. The molecule has 4 rings (SSSR count). The van der Waals surface area contributed by atoms with Crippen LogP contribution in [-0.2, 0) is 0 Å². The summed E-state index contributed by atoms with van der Waals surface area (Å²) in [7, 11) is 0. The van der Waals surface area contributed by atoms with Crippen LogP contribution in [0.25, 0.3) is 11.3 Å². The second-order valence-corrected chi connectivity index (χ2v) is 8.47. The van der Waals surface area contributed by atoms with Crippen LogP contribution in [0, 0.1) is 11.8 Å². The van der Waals surface area contributed by atoms with Gasteiger partial charge in [-0.25, -0.2) is 13.8 Å². The van der Waals surface area contributed by atoms with E-state index in [0.29, 0.717) is 23.1 Å². The van der Waals surface area contributed by atoms with E-state index in [1.54, 1.807) is 0 Å². The minimum Gasteiger partial charge on any atom is -0.402 e. The first-order valence-electron chi connectivity index (χ1n) is 10.2. The molecule has 3 N–H and O–H groups in total. The van der Waals surface area contributed by atoms with Crippen LogP contribution in [0.1, 0.15) is 44.3 Å². The van der Waals surface area contributed by atoms with Gasteiger partial charge in [0, 0.05) is 35.5 Å². The molecule has 2 aromatic rings. The predicted molar refractivity (Wildman–Crippen MR) is 104 cm³/mol. The number of nitrogens with two attached hydrogens (primary N) is 1. The Morgan fingerprint density at radius 2 is 1.90 bits per heavy atom. The Morgan fingerprint density at radius 3 is 2.48 bits per heavy atom. The molecule has 2 aliphatic rings. The molecule has 2 heterocycles. The summed E-state index contributed by atoms with van der Waals surface area (Å²) in [5.74, 6) is 0.128. The third-order valence-corrected chi connectivity index (χ3v) is 6.00. The molecule has 0 radical (unpaired) electrons. The Hall–Kier alpha value is -2.43. The molecule has 31 heavy (non-hydrogen) atoms. The molecule has 4 atom stereocenters. The van der Waals surface area contributed by atoms with E-state index >= 15 is 0 Å². The number of aromatic nitrogens is 3. The summed E-state index contributed by atoms with van der Waals surface area (Å²) in [5, 5.41) is 7.51. The molecule has 2 aromatic heterocycles. The Bertz CT molecular complexity index is 933. The molecular formula is C20H24F5N5O. The van der Waals surface area contributed by atoms with Crippen molar-refractivity contribution in [1.29, 1.82) is 0 Å². The molecule has 0 aromatic carbocycles. The van der Waals surface area contributed by atoms with Crippen LogP contribution in [0.2, 0.25) is 0 Å². The molecule has 170 valence electrons. The average molecular weight is 445 g/mol. The number of rotatable bonds is 7. The number of pyridine rings is 1. The molecule has 6 nitrogen and oxygen atoms in total. The quantitative estimate of drug-likeness (QED) is 0.620. The zero-order chi connectivity index (χ0) is 22.5. The molecule has 0 unspecified atom stereocenters. The van der Waals surface area contributed by atoms with Gasteiger partial charge < -0.3 is 15.8 Å². The van der Waals surface area contributed by atoms with Gasteiger partial charge in [-0.05, 0) is 50.7 Å². The first-order valence-corrected chi connectivity index (χ1v) is 10.2. The van der Waals surface area contributed by atoms with Gasteiger partial charge in [0.15, 0.2) is 11.6 Å². The summed E-state index contributed by atoms with van der Waals surface area (Å²) in [6.07, 6.45) is -4.22.